The Balaban J connectivity index is 2.33. The van der Waals surface area contributed by atoms with Crippen molar-refractivity contribution in [3.8, 4) is 17.6 Å². The van der Waals surface area contributed by atoms with Gasteiger partial charge in [0.1, 0.15) is 6.07 Å². The van der Waals surface area contributed by atoms with Crippen LogP contribution in [0.15, 0.2) is 36.4 Å². The van der Waals surface area contributed by atoms with Crippen LogP contribution in [0.3, 0.4) is 0 Å². The summed E-state index contributed by atoms with van der Waals surface area (Å²) in [7, 11) is 3.16. The van der Waals surface area contributed by atoms with Crippen LogP contribution in [0.4, 0.5) is 17.1 Å². The lowest BCUT2D eigenvalue weighted by Gasteiger charge is -2.12. The highest BCUT2D eigenvalue weighted by atomic mass is 16.5. The minimum absolute atomic E-state index is 0.486. The van der Waals surface area contributed by atoms with Crippen LogP contribution in [-0.4, -0.2) is 14.2 Å². The number of nitrogens with zero attached hydrogens (tertiary/aromatic N) is 1. The molecule has 2 aromatic carbocycles. The summed E-state index contributed by atoms with van der Waals surface area (Å²) in [5, 5.41) is 12.3. The van der Waals surface area contributed by atoms with E-state index in [1.54, 1.807) is 44.6 Å². The van der Waals surface area contributed by atoms with Gasteiger partial charge in [0.15, 0.2) is 11.5 Å². The van der Waals surface area contributed by atoms with Crippen molar-refractivity contribution in [1.29, 1.82) is 5.26 Å². The maximum absolute atomic E-state index is 9.11. The van der Waals surface area contributed by atoms with Gasteiger partial charge in [-0.3, -0.25) is 0 Å². The van der Waals surface area contributed by atoms with E-state index in [2.05, 4.69) is 11.4 Å². The van der Waals surface area contributed by atoms with Crippen LogP contribution in [0.5, 0.6) is 11.5 Å². The predicted molar refractivity (Wildman–Crippen MR) is 78.4 cm³/mol. The van der Waals surface area contributed by atoms with Crippen LogP contribution in [-0.2, 0) is 0 Å². The van der Waals surface area contributed by atoms with E-state index in [1.807, 2.05) is 6.07 Å². The number of methoxy groups -OCH3 is 2. The minimum Gasteiger partial charge on any atom is -0.493 e. The fraction of sp³-hybridized carbons (Fsp3) is 0.133. The molecule has 0 amide bonds. The number of nitrogen functional groups attached to an aromatic ring is 1. The van der Waals surface area contributed by atoms with Gasteiger partial charge in [0.25, 0.3) is 0 Å². The number of ether oxygens (including phenoxy) is 2. The Morgan fingerprint density at radius 2 is 1.80 bits per heavy atom. The summed E-state index contributed by atoms with van der Waals surface area (Å²) in [6.07, 6.45) is 0. The highest BCUT2D eigenvalue weighted by Crippen LogP contribution is 2.31. The summed E-state index contributed by atoms with van der Waals surface area (Å²) in [5.74, 6) is 1.27. The first-order valence-corrected chi connectivity index (χ1v) is 5.96. The Hall–Kier alpha value is -2.87. The Bertz CT molecular complexity index is 663. The van der Waals surface area contributed by atoms with Crippen molar-refractivity contribution in [3.63, 3.8) is 0 Å². The fourth-order valence-corrected chi connectivity index (χ4v) is 1.83. The van der Waals surface area contributed by atoms with Gasteiger partial charge in [0.2, 0.25) is 0 Å². The molecule has 0 unspecified atom stereocenters. The average molecular weight is 269 g/mol. The van der Waals surface area contributed by atoms with Crippen molar-refractivity contribution in [2.75, 3.05) is 25.3 Å². The molecule has 0 aliphatic rings. The molecule has 20 heavy (non-hydrogen) atoms. The molecule has 0 saturated carbocycles. The summed E-state index contributed by atoms with van der Waals surface area (Å²) in [4.78, 5) is 0. The second kappa shape index (κ2) is 5.85. The molecule has 0 radical (unpaired) electrons. The van der Waals surface area contributed by atoms with Gasteiger partial charge in [-0.25, -0.2) is 0 Å². The third-order valence-electron chi connectivity index (χ3n) is 2.83. The molecule has 0 aliphatic heterocycles. The van der Waals surface area contributed by atoms with Crippen molar-refractivity contribution in [2.24, 2.45) is 0 Å². The van der Waals surface area contributed by atoms with Gasteiger partial charge in [0.05, 0.1) is 25.5 Å². The van der Waals surface area contributed by atoms with E-state index < -0.39 is 0 Å². The monoisotopic (exact) mass is 269 g/mol. The third-order valence-corrected chi connectivity index (χ3v) is 2.83. The van der Waals surface area contributed by atoms with Gasteiger partial charge in [-0.2, -0.15) is 5.26 Å². The van der Waals surface area contributed by atoms with Gasteiger partial charge >= 0.3 is 0 Å². The van der Waals surface area contributed by atoms with Crippen molar-refractivity contribution < 1.29 is 9.47 Å². The smallest absolute Gasteiger partial charge is 0.162 e. The Kier molecular flexibility index (Phi) is 3.96. The van der Waals surface area contributed by atoms with E-state index in [0.29, 0.717) is 28.4 Å². The van der Waals surface area contributed by atoms with Crippen LogP contribution in [0.25, 0.3) is 0 Å². The number of nitrogens with one attached hydrogen (secondary N) is 1. The molecule has 2 aromatic rings. The van der Waals surface area contributed by atoms with Crippen LogP contribution in [0, 0.1) is 11.3 Å². The van der Waals surface area contributed by atoms with Gasteiger partial charge in [-0.1, -0.05) is 0 Å². The zero-order valence-corrected chi connectivity index (χ0v) is 11.3. The van der Waals surface area contributed by atoms with Gasteiger partial charge in [0, 0.05) is 17.4 Å². The van der Waals surface area contributed by atoms with E-state index >= 15 is 0 Å². The molecule has 3 N–H and O–H groups in total. The molecule has 0 saturated heterocycles. The molecule has 5 nitrogen and oxygen atoms in total. The number of hydrogen-bond acceptors (Lipinski definition) is 5. The summed E-state index contributed by atoms with van der Waals surface area (Å²) in [5.41, 5.74) is 8.19. The first kappa shape index (κ1) is 13.6. The molecule has 0 heterocycles. The normalized spacial score (nSPS) is 9.65. The molecule has 102 valence electrons. The fourth-order valence-electron chi connectivity index (χ4n) is 1.83. The minimum atomic E-state index is 0.486. The van der Waals surface area contributed by atoms with E-state index in [0.717, 1.165) is 5.69 Å². The molecule has 5 heteroatoms. The molecule has 0 aliphatic carbocycles. The first-order valence-electron chi connectivity index (χ1n) is 5.96. The molecule has 0 atom stereocenters. The van der Waals surface area contributed by atoms with Crippen molar-refractivity contribution in [1.82, 2.24) is 0 Å². The highest BCUT2D eigenvalue weighted by molar-refractivity contribution is 5.70. The molecule has 2 rings (SSSR count). The summed E-state index contributed by atoms with van der Waals surface area (Å²) in [6, 6.07) is 12.7. The molecular formula is C15H15N3O2. The maximum atomic E-state index is 9.11. The molecule has 0 spiro atoms. The van der Waals surface area contributed by atoms with Crippen molar-refractivity contribution in [2.45, 2.75) is 0 Å². The van der Waals surface area contributed by atoms with Gasteiger partial charge in [-0.05, 0) is 30.3 Å². The SMILES string of the molecule is COc1ccc(Nc2ccc(N)cc2C#N)cc1OC. The number of benzene rings is 2. The molecule has 0 aromatic heterocycles. The zero-order chi connectivity index (χ0) is 14.5. The van der Waals surface area contributed by atoms with Crippen LogP contribution in [0.1, 0.15) is 5.56 Å². The largest absolute Gasteiger partial charge is 0.493 e. The zero-order valence-electron chi connectivity index (χ0n) is 11.3. The summed E-state index contributed by atoms with van der Waals surface area (Å²) in [6.45, 7) is 0. The first-order chi connectivity index (χ1) is 9.67. The summed E-state index contributed by atoms with van der Waals surface area (Å²) >= 11 is 0. The van der Waals surface area contributed by atoms with E-state index in [1.165, 1.54) is 0 Å². The van der Waals surface area contributed by atoms with Gasteiger partial charge < -0.3 is 20.5 Å². The quantitative estimate of drug-likeness (QED) is 0.834. The molecular weight excluding hydrogens is 254 g/mol. The van der Waals surface area contributed by atoms with E-state index in [-0.39, 0.29) is 0 Å². The Labute approximate surface area is 117 Å². The molecule has 0 fully saturated rings. The number of rotatable bonds is 4. The Morgan fingerprint density at radius 1 is 1.05 bits per heavy atom. The second-order valence-electron chi connectivity index (χ2n) is 4.11. The number of nitrogens with two attached hydrogens (primary N) is 1. The van der Waals surface area contributed by atoms with Crippen LogP contribution >= 0.6 is 0 Å². The lowest BCUT2D eigenvalue weighted by molar-refractivity contribution is 0.355. The number of nitriles is 1. The number of hydrogen-bond donors (Lipinski definition) is 2. The van der Waals surface area contributed by atoms with Gasteiger partial charge in [-0.15, -0.1) is 0 Å². The van der Waals surface area contributed by atoms with Crippen molar-refractivity contribution in [3.05, 3.63) is 42.0 Å². The lowest BCUT2D eigenvalue weighted by Crippen LogP contribution is -1.97. The van der Waals surface area contributed by atoms with Crippen LogP contribution in [0.2, 0.25) is 0 Å². The topological polar surface area (TPSA) is 80.3 Å². The third kappa shape index (κ3) is 2.75. The van der Waals surface area contributed by atoms with Crippen LogP contribution < -0.4 is 20.5 Å². The Morgan fingerprint density at radius 3 is 2.45 bits per heavy atom. The maximum Gasteiger partial charge on any atom is 0.162 e. The second-order valence-corrected chi connectivity index (χ2v) is 4.11. The van der Waals surface area contributed by atoms with E-state index in [4.69, 9.17) is 20.5 Å². The standard InChI is InChI=1S/C15H15N3O2/c1-19-14-6-4-12(8-15(14)20-2)18-13-5-3-11(17)7-10(13)9-16/h3-8,18H,17H2,1-2H3. The van der Waals surface area contributed by atoms with E-state index in [9.17, 15) is 0 Å². The van der Waals surface area contributed by atoms with Crippen molar-refractivity contribution >= 4 is 17.1 Å². The predicted octanol–water partition coefficient (Wildman–Crippen LogP) is 2.90. The molecule has 0 bridgehead atoms. The lowest BCUT2D eigenvalue weighted by atomic mass is 10.1. The summed E-state index contributed by atoms with van der Waals surface area (Å²) < 4.78 is 10.4. The number of anilines is 3. The highest BCUT2D eigenvalue weighted by Gasteiger charge is 2.07. The average Bonchev–Trinajstić information content (AvgIpc) is 2.48.